The number of likely N-dealkylation sites (tertiary alicyclic amines) is 1. The molecule has 0 unspecified atom stereocenters. The molecule has 3 rings (SSSR count). The number of furan rings is 1. The number of hydrogen-bond acceptors (Lipinski definition) is 5. The average Bonchev–Trinajstić information content (AvgIpc) is 3.17. The maximum Gasteiger partial charge on any atom is 0.271 e. The van der Waals surface area contributed by atoms with Crippen LogP contribution >= 0.6 is 11.3 Å². The molecule has 0 bridgehead atoms. The van der Waals surface area contributed by atoms with Gasteiger partial charge in [-0.15, -0.1) is 11.3 Å². The first-order valence-corrected chi connectivity index (χ1v) is 9.54. The molecule has 1 aliphatic rings. The van der Waals surface area contributed by atoms with E-state index in [1.54, 1.807) is 12.3 Å². The predicted molar refractivity (Wildman–Crippen MR) is 96.6 cm³/mol. The molecule has 134 valence electrons. The first-order chi connectivity index (χ1) is 12.1. The van der Waals surface area contributed by atoms with Crippen molar-refractivity contribution in [3.8, 4) is 10.8 Å². The van der Waals surface area contributed by atoms with Gasteiger partial charge in [0.1, 0.15) is 5.69 Å². The van der Waals surface area contributed by atoms with Gasteiger partial charge in [0.05, 0.1) is 6.26 Å². The summed E-state index contributed by atoms with van der Waals surface area (Å²) in [4.78, 5) is 31.7. The molecular formula is C18H23N3O3S. The van der Waals surface area contributed by atoms with E-state index in [-0.39, 0.29) is 11.8 Å². The van der Waals surface area contributed by atoms with Crippen LogP contribution in [0.4, 0.5) is 0 Å². The van der Waals surface area contributed by atoms with Crippen molar-refractivity contribution in [2.45, 2.75) is 39.0 Å². The summed E-state index contributed by atoms with van der Waals surface area (Å²) in [6, 6.07) is 3.61. The minimum absolute atomic E-state index is 0.119. The number of rotatable bonds is 5. The number of amides is 2. The average molecular weight is 361 g/mol. The first-order valence-electron chi connectivity index (χ1n) is 8.72. The number of carbonyl (C=O) groups excluding carboxylic acids is 2. The van der Waals surface area contributed by atoms with E-state index < -0.39 is 0 Å². The van der Waals surface area contributed by atoms with Crippen LogP contribution in [0.2, 0.25) is 0 Å². The zero-order valence-electron chi connectivity index (χ0n) is 14.4. The smallest absolute Gasteiger partial charge is 0.271 e. The molecule has 1 saturated heterocycles. The van der Waals surface area contributed by atoms with Gasteiger partial charge in [0, 0.05) is 30.9 Å². The standard InChI is InChI=1S/C18H23N3O3S/c1-13-16(20-18(25-13)14-7-6-12-24-14)17(23)19-9-8-15(22)21-10-4-2-3-5-11-21/h6-7,12H,2-5,8-11H2,1H3,(H,19,23). The van der Waals surface area contributed by atoms with Crippen molar-refractivity contribution >= 4 is 23.2 Å². The number of hydrogen-bond donors (Lipinski definition) is 1. The molecule has 0 aliphatic carbocycles. The molecule has 1 fully saturated rings. The number of carbonyl (C=O) groups is 2. The van der Waals surface area contributed by atoms with E-state index in [9.17, 15) is 9.59 Å². The normalized spacial score (nSPS) is 15.0. The summed E-state index contributed by atoms with van der Waals surface area (Å²) in [6.45, 7) is 3.87. The molecule has 6 nitrogen and oxygen atoms in total. The Morgan fingerprint density at radius 1 is 1.28 bits per heavy atom. The van der Waals surface area contributed by atoms with Crippen LogP contribution in [0.15, 0.2) is 22.8 Å². The fourth-order valence-corrected chi connectivity index (χ4v) is 3.84. The minimum Gasteiger partial charge on any atom is -0.462 e. The highest BCUT2D eigenvalue weighted by Crippen LogP contribution is 2.27. The molecule has 7 heteroatoms. The summed E-state index contributed by atoms with van der Waals surface area (Å²) in [5, 5.41) is 3.50. The van der Waals surface area contributed by atoms with Crippen molar-refractivity contribution in [1.82, 2.24) is 15.2 Å². The van der Waals surface area contributed by atoms with E-state index in [1.807, 2.05) is 17.9 Å². The molecular weight excluding hydrogens is 338 g/mol. The summed E-state index contributed by atoms with van der Waals surface area (Å²) in [5.74, 6) is 0.534. The third-order valence-electron chi connectivity index (χ3n) is 4.33. The zero-order valence-corrected chi connectivity index (χ0v) is 15.2. The fourth-order valence-electron chi connectivity index (χ4n) is 2.96. The van der Waals surface area contributed by atoms with Crippen LogP contribution in [0.5, 0.6) is 0 Å². The number of nitrogens with zero attached hydrogens (tertiary/aromatic N) is 2. The van der Waals surface area contributed by atoms with Crippen LogP contribution in [0, 0.1) is 6.92 Å². The van der Waals surface area contributed by atoms with E-state index in [2.05, 4.69) is 10.3 Å². The summed E-state index contributed by atoms with van der Waals surface area (Å²) in [6.07, 6.45) is 6.46. The molecule has 1 aliphatic heterocycles. The van der Waals surface area contributed by atoms with Crippen molar-refractivity contribution in [3.05, 3.63) is 29.0 Å². The Bertz CT molecular complexity index is 716. The van der Waals surface area contributed by atoms with Gasteiger partial charge in [0.25, 0.3) is 5.91 Å². The second kappa shape index (κ2) is 8.29. The largest absolute Gasteiger partial charge is 0.462 e. The molecule has 0 saturated carbocycles. The summed E-state index contributed by atoms with van der Waals surface area (Å²) < 4.78 is 5.32. The van der Waals surface area contributed by atoms with Crippen LogP contribution in [-0.4, -0.2) is 41.3 Å². The Morgan fingerprint density at radius 2 is 2.04 bits per heavy atom. The van der Waals surface area contributed by atoms with Crippen LogP contribution in [-0.2, 0) is 4.79 Å². The van der Waals surface area contributed by atoms with Gasteiger partial charge < -0.3 is 14.6 Å². The van der Waals surface area contributed by atoms with Gasteiger partial charge in [-0.1, -0.05) is 12.8 Å². The maximum atomic E-state index is 12.3. The van der Waals surface area contributed by atoms with E-state index in [0.717, 1.165) is 30.8 Å². The number of nitrogens with one attached hydrogen (secondary N) is 1. The Labute approximate surface area is 151 Å². The fraction of sp³-hybridized carbons (Fsp3) is 0.500. The zero-order chi connectivity index (χ0) is 17.6. The molecule has 2 aromatic heterocycles. The van der Waals surface area contributed by atoms with Gasteiger partial charge in [-0.3, -0.25) is 9.59 Å². The lowest BCUT2D eigenvalue weighted by molar-refractivity contribution is -0.131. The molecule has 1 N–H and O–H groups in total. The van der Waals surface area contributed by atoms with Crippen LogP contribution in [0.25, 0.3) is 10.8 Å². The summed E-state index contributed by atoms with van der Waals surface area (Å²) in [7, 11) is 0. The lowest BCUT2D eigenvalue weighted by Crippen LogP contribution is -2.35. The highest BCUT2D eigenvalue weighted by molar-refractivity contribution is 7.15. The minimum atomic E-state index is -0.241. The second-order valence-corrected chi connectivity index (χ2v) is 7.41. The Balaban J connectivity index is 1.52. The monoisotopic (exact) mass is 361 g/mol. The van der Waals surface area contributed by atoms with Crippen molar-refractivity contribution in [1.29, 1.82) is 0 Å². The molecule has 0 atom stereocenters. The van der Waals surface area contributed by atoms with Crippen LogP contribution in [0.1, 0.15) is 47.5 Å². The molecule has 25 heavy (non-hydrogen) atoms. The lowest BCUT2D eigenvalue weighted by Gasteiger charge is -2.20. The van der Waals surface area contributed by atoms with Gasteiger partial charge in [-0.25, -0.2) is 4.98 Å². The van der Waals surface area contributed by atoms with Gasteiger partial charge in [0.2, 0.25) is 5.91 Å². The first kappa shape index (κ1) is 17.7. The van der Waals surface area contributed by atoms with Crippen molar-refractivity contribution in [2.24, 2.45) is 0 Å². The number of aromatic nitrogens is 1. The van der Waals surface area contributed by atoms with E-state index in [4.69, 9.17) is 4.42 Å². The second-order valence-electron chi connectivity index (χ2n) is 6.20. The summed E-state index contributed by atoms with van der Waals surface area (Å²) in [5.41, 5.74) is 0.402. The third-order valence-corrected chi connectivity index (χ3v) is 5.31. The van der Waals surface area contributed by atoms with Gasteiger partial charge in [-0.05, 0) is 31.9 Å². The van der Waals surface area contributed by atoms with Crippen LogP contribution in [0.3, 0.4) is 0 Å². The Kier molecular flexibility index (Phi) is 5.86. The van der Waals surface area contributed by atoms with Crippen molar-refractivity contribution < 1.29 is 14.0 Å². The summed E-state index contributed by atoms with van der Waals surface area (Å²) >= 11 is 1.42. The number of aryl methyl sites for hydroxylation is 1. The third kappa shape index (κ3) is 4.48. The molecule has 0 radical (unpaired) electrons. The maximum absolute atomic E-state index is 12.3. The topological polar surface area (TPSA) is 75.4 Å². The molecule has 0 spiro atoms. The van der Waals surface area contributed by atoms with Gasteiger partial charge >= 0.3 is 0 Å². The molecule has 3 heterocycles. The van der Waals surface area contributed by atoms with Gasteiger partial charge in [0.15, 0.2) is 10.8 Å². The van der Waals surface area contributed by atoms with Crippen LogP contribution < -0.4 is 5.32 Å². The van der Waals surface area contributed by atoms with E-state index >= 15 is 0 Å². The van der Waals surface area contributed by atoms with Crippen molar-refractivity contribution in [3.63, 3.8) is 0 Å². The van der Waals surface area contributed by atoms with E-state index in [1.165, 1.54) is 24.2 Å². The highest BCUT2D eigenvalue weighted by atomic mass is 32.1. The SMILES string of the molecule is Cc1sc(-c2ccco2)nc1C(=O)NCCC(=O)N1CCCCCC1. The van der Waals surface area contributed by atoms with E-state index in [0.29, 0.717) is 29.4 Å². The highest BCUT2D eigenvalue weighted by Gasteiger charge is 2.19. The Morgan fingerprint density at radius 3 is 2.72 bits per heavy atom. The molecule has 2 aromatic rings. The predicted octanol–water partition coefficient (Wildman–Crippen LogP) is 3.23. The Hall–Kier alpha value is -2.15. The lowest BCUT2D eigenvalue weighted by atomic mass is 10.2. The molecule has 2 amide bonds. The number of thiazole rings is 1. The van der Waals surface area contributed by atoms with Crippen molar-refractivity contribution in [2.75, 3.05) is 19.6 Å². The molecule has 0 aromatic carbocycles. The quantitative estimate of drug-likeness (QED) is 0.887. The van der Waals surface area contributed by atoms with Gasteiger partial charge in [-0.2, -0.15) is 0 Å².